The Morgan fingerprint density at radius 1 is 0.917 bits per heavy atom. The number of unbranched alkanes of at least 4 members (excludes halogenated alkanes) is 2. The van der Waals surface area contributed by atoms with Crippen LogP contribution in [0.25, 0.3) is 0 Å². The SMILES string of the molecule is C=C(CN)COCC1CCC(C2CCC(CCCCC)CC2)CC1. The Bertz CT molecular complexity index is 338. The normalized spacial score (nSPS) is 31.1. The van der Waals surface area contributed by atoms with Crippen molar-refractivity contribution in [2.24, 2.45) is 29.4 Å². The van der Waals surface area contributed by atoms with Gasteiger partial charge in [-0.15, -0.1) is 0 Å². The molecule has 2 nitrogen and oxygen atoms in total. The highest BCUT2D eigenvalue weighted by Gasteiger charge is 2.30. The molecule has 0 unspecified atom stereocenters. The molecule has 2 aliphatic rings. The van der Waals surface area contributed by atoms with Crippen molar-refractivity contribution >= 4 is 0 Å². The van der Waals surface area contributed by atoms with Gasteiger partial charge in [-0.3, -0.25) is 0 Å². The van der Waals surface area contributed by atoms with Crippen molar-refractivity contribution in [1.29, 1.82) is 0 Å². The molecule has 24 heavy (non-hydrogen) atoms. The number of ether oxygens (including phenoxy) is 1. The summed E-state index contributed by atoms with van der Waals surface area (Å²) in [6.07, 6.45) is 17.4. The lowest BCUT2D eigenvalue weighted by Gasteiger charge is -2.38. The zero-order valence-electron chi connectivity index (χ0n) is 16.1. The van der Waals surface area contributed by atoms with Gasteiger partial charge in [-0.25, -0.2) is 0 Å². The summed E-state index contributed by atoms with van der Waals surface area (Å²) in [5, 5.41) is 0. The first kappa shape index (κ1) is 20.0. The van der Waals surface area contributed by atoms with Crippen molar-refractivity contribution in [3.63, 3.8) is 0 Å². The van der Waals surface area contributed by atoms with Crippen molar-refractivity contribution in [3.05, 3.63) is 12.2 Å². The maximum atomic E-state index is 5.79. The summed E-state index contributed by atoms with van der Waals surface area (Å²) in [4.78, 5) is 0. The molecule has 0 aliphatic heterocycles. The summed E-state index contributed by atoms with van der Waals surface area (Å²) in [6.45, 7) is 8.33. The van der Waals surface area contributed by atoms with Crippen LogP contribution in [0.5, 0.6) is 0 Å². The summed E-state index contributed by atoms with van der Waals surface area (Å²) in [5.41, 5.74) is 6.57. The lowest BCUT2D eigenvalue weighted by atomic mass is 9.69. The smallest absolute Gasteiger partial charge is 0.0686 e. The third-order valence-corrected chi connectivity index (χ3v) is 6.61. The van der Waals surface area contributed by atoms with Gasteiger partial charge in [0.1, 0.15) is 0 Å². The molecule has 0 radical (unpaired) electrons. The number of hydrogen-bond acceptors (Lipinski definition) is 2. The molecular weight excluding hydrogens is 294 g/mol. The second-order valence-electron chi connectivity index (χ2n) is 8.53. The van der Waals surface area contributed by atoms with E-state index in [1.165, 1.54) is 77.0 Å². The van der Waals surface area contributed by atoms with E-state index in [4.69, 9.17) is 10.5 Å². The fourth-order valence-electron chi connectivity index (χ4n) is 4.89. The fraction of sp³-hybridized carbons (Fsp3) is 0.909. The third kappa shape index (κ3) is 6.88. The third-order valence-electron chi connectivity index (χ3n) is 6.61. The zero-order chi connectivity index (χ0) is 17.2. The highest BCUT2D eigenvalue weighted by Crippen LogP contribution is 2.42. The lowest BCUT2D eigenvalue weighted by Crippen LogP contribution is -2.27. The molecule has 0 bridgehead atoms. The molecule has 0 amide bonds. The molecule has 140 valence electrons. The largest absolute Gasteiger partial charge is 0.377 e. The Kier molecular flexibility index (Phi) is 9.41. The molecule has 2 aliphatic carbocycles. The topological polar surface area (TPSA) is 35.2 Å². The van der Waals surface area contributed by atoms with E-state index in [1.807, 2.05) is 0 Å². The van der Waals surface area contributed by atoms with E-state index in [9.17, 15) is 0 Å². The van der Waals surface area contributed by atoms with Crippen molar-refractivity contribution in [3.8, 4) is 0 Å². The second-order valence-corrected chi connectivity index (χ2v) is 8.53. The van der Waals surface area contributed by atoms with E-state index >= 15 is 0 Å². The van der Waals surface area contributed by atoms with Gasteiger partial charge in [-0.2, -0.15) is 0 Å². The molecule has 0 aromatic rings. The van der Waals surface area contributed by atoms with E-state index in [1.54, 1.807) is 0 Å². The number of rotatable bonds is 10. The van der Waals surface area contributed by atoms with Crippen molar-refractivity contribution in [2.45, 2.75) is 84.0 Å². The van der Waals surface area contributed by atoms with Gasteiger partial charge in [0.25, 0.3) is 0 Å². The molecule has 0 aromatic carbocycles. The van der Waals surface area contributed by atoms with Crippen LogP contribution in [0.3, 0.4) is 0 Å². The van der Waals surface area contributed by atoms with Gasteiger partial charge in [0.15, 0.2) is 0 Å². The lowest BCUT2D eigenvalue weighted by molar-refractivity contribution is 0.0750. The van der Waals surface area contributed by atoms with Crippen LogP contribution in [0, 0.1) is 23.7 Å². The first-order valence-corrected chi connectivity index (χ1v) is 10.7. The quantitative estimate of drug-likeness (QED) is 0.410. The molecular formula is C22H41NO. The summed E-state index contributed by atoms with van der Waals surface area (Å²) < 4.78 is 5.79. The van der Waals surface area contributed by atoms with Crippen LogP contribution in [0.1, 0.15) is 84.0 Å². The summed E-state index contributed by atoms with van der Waals surface area (Å²) in [6, 6.07) is 0. The molecule has 2 saturated carbocycles. The average molecular weight is 336 g/mol. The highest BCUT2D eigenvalue weighted by molar-refractivity contribution is 4.95. The monoisotopic (exact) mass is 335 g/mol. The van der Waals surface area contributed by atoms with Crippen LogP contribution in [-0.4, -0.2) is 19.8 Å². The Morgan fingerprint density at radius 3 is 2.04 bits per heavy atom. The van der Waals surface area contributed by atoms with Crippen LogP contribution < -0.4 is 5.73 Å². The van der Waals surface area contributed by atoms with E-state index in [-0.39, 0.29) is 0 Å². The maximum absolute atomic E-state index is 5.79. The highest BCUT2D eigenvalue weighted by atomic mass is 16.5. The number of hydrogen-bond donors (Lipinski definition) is 1. The molecule has 2 rings (SSSR count). The van der Waals surface area contributed by atoms with Crippen molar-refractivity contribution in [1.82, 2.24) is 0 Å². The molecule has 2 N–H and O–H groups in total. The molecule has 0 saturated heterocycles. The predicted octanol–water partition coefficient (Wildman–Crippen LogP) is 5.71. The van der Waals surface area contributed by atoms with E-state index in [0.717, 1.165) is 35.9 Å². The van der Waals surface area contributed by atoms with Gasteiger partial charge in [-0.05, 0) is 67.8 Å². The van der Waals surface area contributed by atoms with Crippen LogP contribution in [0.15, 0.2) is 12.2 Å². The van der Waals surface area contributed by atoms with Gasteiger partial charge in [0, 0.05) is 13.2 Å². The zero-order valence-corrected chi connectivity index (χ0v) is 16.1. The molecule has 0 spiro atoms. The minimum absolute atomic E-state index is 0.549. The average Bonchev–Trinajstić information content (AvgIpc) is 2.63. The molecule has 0 aromatic heterocycles. The minimum atomic E-state index is 0.549. The standard InChI is InChI=1S/C22H41NO/c1-3-4-5-6-19-7-11-21(12-8-19)22-13-9-20(10-14-22)17-24-16-18(2)15-23/h19-22H,2-17,23H2,1H3. The van der Waals surface area contributed by atoms with E-state index < -0.39 is 0 Å². The van der Waals surface area contributed by atoms with Crippen molar-refractivity contribution < 1.29 is 4.74 Å². The first-order valence-electron chi connectivity index (χ1n) is 10.7. The van der Waals surface area contributed by atoms with Gasteiger partial charge >= 0.3 is 0 Å². The van der Waals surface area contributed by atoms with Crippen LogP contribution in [-0.2, 0) is 4.74 Å². The van der Waals surface area contributed by atoms with Crippen LogP contribution >= 0.6 is 0 Å². The predicted molar refractivity (Wildman–Crippen MR) is 104 cm³/mol. The van der Waals surface area contributed by atoms with E-state index in [0.29, 0.717) is 13.2 Å². The number of nitrogens with two attached hydrogens (primary N) is 1. The van der Waals surface area contributed by atoms with Crippen LogP contribution in [0.2, 0.25) is 0 Å². The van der Waals surface area contributed by atoms with Gasteiger partial charge in [0.2, 0.25) is 0 Å². The van der Waals surface area contributed by atoms with E-state index in [2.05, 4.69) is 13.5 Å². The maximum Gasteiger partial charge on any atom is 0.0686 e. The molecule has 0 atom stereocenters. The second kappa shape index (κ2) is 11.3. The summed E-state index contributed by atoms with van der Waals surface area (Å²) in [7, 11) is 0. The minimum Gasteiger partial charge on any atom is -0.377 e. The first-order chi connectivity index (χ1) is 11.7. The van der Waals surface area contributed by atoms with Gasteiger partial charge < -0.3 is 10.5 Å². The Hall–Kier alpha value is -0.340. The van der Waals surface area contributed by atoms with Crippen LogP contribution in [0.4, 0.5) is 0 Å². The molecule has 0 heterocycles. The van der Waals surface area contributed by atoms with Gasteiger partial charge in [-0.1, -0.05) is 52.0 Å². The molecule has 2 fully saturated rings. The fourth-order valence-corrected chi connectivity index (χ4v) is 4.89. The van der Waals surface area contributed by atoms with Gasteiger partial charge in [0.05, 0.1) is 6.61 Å². The summed E-state index contributed by atoms with van der Waals surface area (Å²) >= 11 is 0. The Balaban J connectivity index is 1.57. The Morgan fingerprint density at radius 2 is 1.50 bits per heavy atom. The Labute approximate surface area is 150 Å². The summed E-state index contributed by atoms with van der Waals surface area (Å²) in [5.74, 6) is 3.87. The molecule has 2 heteroatoms. The van der Waals surface area contributed by atoms with Crippen molar-refractivity contribution in [2.75, 3.05) is 19.8 Å².